The van der Waals surface area contributed by atoms with E-state index < -0.39 is 0 Å². The van der Waals surface area contributed by atoms with Crippen LogP contribution in [0.5, 0.6) is 5.75 Å². The Kier molecular flexibility index (Phi) is 6.81. The fourth-order valence-electron chi connectivity index (χ4n) is 2.64. The quantitative estimate of drug-likeness (QED) is 0.639. The zero-order chi connectivity index (χ0) is 20.6. The standard InChI is InChI=1S/C22H20ClN3O3/c1-26(14-21(27)25-19-8-3-7-18(23)12-19)22(28)17-6-2-9-20(11-17)29-15-16-5-4-10-24-13-16/h2-13H,14-15H2,1H3,(H,25,27). The molecule has 7 heteroatoms. The van der Waals surface area contributed by atoms with Gasteiger partial charge in [-0.1, -0.05) is 29.8 Å². The van der Waals surface area contributed by atoms with Crippen LogP contribution in [0.1, 0.15) is 15.9 Å². The van der Waals surface area contributed by atoms with Gasteiger partial charge in [0.25, 0.3) is 5.91 Å². The number of amides is 2. The van der Waals surface area contributed by atoms with Crippen molar-refractivity contribution in [2.45, 2.75) is 6.61 Å². The second-order valence-electron chi connectivity index (χ2n) is 6.40. The molecule has 6 nitrogen and oxygen atoms in total. The van der Waals surface area contributed by atoms with Crippen molar-refractivity contribution < 1.29 is 14.3 Å². The molecule has 2 aromatic carbocycles. The van der Waals surface area contributed by atoms with Crippen molar-refractivity contribution in [2.24, 2.45) is 0 Å². The van der Waals surface area contributed by atoms with Gasteiger partial charge in [0.05, 0.1) is 6.54 Å². The second kappa shape index (κ2) is 9.71. The summed E-state index contributed by atoms with van der Waals surface area (Å²) in [6.45, 7) is 0.259. The molecule has 0 radical (unpaired) electrons. The predicted octanol–water partition coefficient (Wildman–Crippen LogP) is 4.02. The lowest BCUT2D eigenvalue weighted by atomic mass is 10.2. The fourth-order valence-corrected chi connectivity index (χ4v) is 2.83. The number of likely N-dealkylation sites (N-methyl/N-ethyl adjacent to an activating group) is 1. The van der Waals surface area contributed by atoms with Gasteiger partial charge in [0.2, 0.25) is 5.91 Å². The molecular weight excluding hydrogens is 390 g/mol. The lowest BCUT2D eigenvalue weighted by molar-refractivity contribution is -0.116. The average Bonchev–Trinajstić information content (AvgIpc) is 2.72. The monoisotopic (exact) mass is 409 g/mol. The van der Waals surface area contributed by atoms with Crippen LogP contribution in [0, 0.1) is 0 Å². The van der Waals surface area contributed by atoms with Crippen LogP contribution in [0.4, 0.5) is 5.69 Å². The topological polar surface area (TPSA) is 71.5 Å². The van der Waals surface area contributed by atoms with E-state index in [-0.39, 0.29) is 18.4 Å². The first kappa shape index (κ1) is 20.4. The number of carbonyl (C=O) groups is 2. The van der Waals surface area contributed by atoms with E-state index in [0.717, 1.165) is 5.56 Å². The summed E-state index contributed by atoms with van der Waals surface area (Å²) in [5.74, 6) is -0.0262. The molecule has 0 unspecified atom stereocenters. The van der Waals surface area contributed by atoms with Crippen LogP contribution in [0.25, 0.3) is 0 Å². The van der Waals surface area contributed by atoms with Crippen LogP contribution in [-0.4, -0.2) is 35.3 Å². The Balaban J connectivity index is 1.58. The van der Waals surface area contributed by atoms with Gasteiger partial charge in [-0.2, -0.15) is 0 Å². The van der Waals surface area contributed by atoms with Crippen molar-refractivity contribution in [2.75, 3.05) is 18.9 Å². The number of anilines is 1. The smallest absolute Gasteiger partial charge is 0.254 e. The number of nitrogens with zero attached hydrogens (tertiary/aromatic N) is 2. The van der Waals surface area contributed by atoms with Crippen LogP contribution in [0.15, 0.2) is 73.1 Å². The summed E-state index contributed by atoms with van der Waals surface area (Å²) in [7, 11) is 1.57. The van der Waals surface area contributed by atoms with Gasteiger partial charge in [0.1, 0.15) is 12.4 Å². The van der Waals surface area contributed by atoms with Crippen molar-refractivity contribution in [1.29, 1.82) is 0 Å². The molecule has 2 amide bonds. The van der Waals surface area contributed by atoms with E-state index in [0.29, 0.717) is 28.6 Å². The van der Waals surface area contributed by atoms with Crippen LogP contribution in [-0.2, 0) is 11.4 Å². The molecular formula is C22H20ClN3O3. The zero-order valence-electron chi connectivity index (χ0n) is 15.8. The van der Waals surface area contributed by atoms with E-state index in [4.69, 9.17) is 16.3 Å². The number of nitrogens with one attached hydrogen (secondary N) is 1. The number of aromatic nitrogens is 1. The second-order valence-corrected chi connectivity index (χ2v) is 6.83. The molecule has 29 heavy (non-hydrogen) atoms. The van der Waals surface area contributed by atoms with Crippen molar-refractivity contribution >= 4 is 29.1 Å². The molecule has 1 heterocycles. The number of pyridine rings is 1. The third-order valence-electron chi connectivity index (χ3n) is 4.05. The molecule has 0 aliphatic carbocycles. The third kappa shape index (κ3) is 6.05. The minimum Gasteiger partial charge on any atom is -0.489 e. The van der Waals surface area contributed by atoms with E-state index in [1.165, 1.54) is 4.90 Å². The Morgan fingerprint density at radius 2 is 1.93 bits per heavy atom. The summed E-state index contributed by atoms with van der Waals surface area (Å²) >= 11 is 5.91. The Bertz CT molecular complexity index is 995. The van der Waals surface area contributed by atoms with Gasteiger partial charge >= 0.3 is 0 Å². The Labute approximate surface area is 174 Å². The SMILES string of the molecule is CN(CC(=O)Nc1cccc(Cl)c1)C(=O)c1cccc(OCc2cccnc2)c1. The molecule has 0 atom stereocenters. The summed E-state index contributed by atoms with van der Waals surface area (Å²) in [6.07, 6.45) is 3.42. The highest BCUT2D eigenvalue weighted by atomic mass is 35.5. The van der Waals surface area contributed by atoms with Crippen molar-refractivity contribution in [3.8, 4) is 5.75 Å². The summed E-state index contributed by atoms with van der Waals surface area (Å²) in [6, 6.07) is 17.4. The molecule has 0 spiro atoms. The van der Waals surface area contributed by atoms with Crippen molar-refractivity contribution in [1.82, 2.24) is 9.88 Å². The van der Waals surface area contributed by atoms with Gasteiger partial charge in [0.15, 0.2) is 0 Å². The maximum Gasteiger partial charge on any atom is 0.254 e. The number of benzene rings is 2. The van der Waals surface area contributed by atoms with Gasteiger partial charge in [-0.05, 0) is 42.5 Å². The van der Waals surface area contributed by atoms with Crippen molar-refractivity contribution in [3.05, 3.63) is 89.2 Å². The first-order valence-electron chi connectivity index (χ1n) is 8.94. The lowest BCUT2D eigenvalue weighted by Gasteiger charge is -2.17. The predicted molar refractivity (Wildman–Crippen MR) is 112 cm³/mol. The molecule has 3 aromatic rings. The molecule has 0 saturated heterocycles. The number of hydrogen-bond acceptors (Lipinski definition) is 4. The summed E-state index contributed by atoms with van der Waals surface area (Å²) in [5, 5.41) is 3.25. The zero-order valence-corrected chi connectivity index (χ0v) is 16.6. The number of halogens is 1. The van der Waals surface area contributed by atoms with Crippen LogP contribution in [0.2, 0.25) is 5.02 Å². The van der Waals surface area contributed by atoms with Gasteiger partial charge in [0, 0.05) is 41.3 Å². The molecule has 0 aliphatic rings. The first-order valence-corrected chi connectivity index (χ1v) is 9.32. The van der Waals surface area contributed by atoms with Gasteiger partial charge in [-0.3, -0.25) is 14.6 Å². The number of carbonyl (C=O) groups excluding carboxylic acids is 2. The number of hydrogen-bond donors (Lipinski definition) is 1. The lowest BCUT2D eigenvalue weighted by Crippen LogP contribution is -2.34. The summed E-state index contributed by atoms with van der Waals surface area (Å²) < 4.78 is 5.73. The molecule has 3 rings (SSSR count). The van der Waals surface area contributed by atoms with E-state index in [2.05, 4.69) is 10.3 Å². The van der Waals surface area contributed by atoms with E-state index >= 15 is 0 Å². The minimum absolute atomic E-state index is 0.0912. The summed E-state index contributed by atoms with van der Waals surface area (Å²) in [5.41, 5.74) is 1.94. The number of rotatable bonds is 7. The molecule has 1 aromatic heterocycles. The highest BCUT2D eigenvalue weighted by molar-refractivity contribution is 6.30. The normalized spacial score (nSPS) is 10.3. The molecule has 0 fully saturated rings. The maximum atomic E-state index is 12.7. The highest BCUT2D eigenvalue weighted by Gasteiger charge is 2.16. The highest BCUT2D eigenvalue weighted by Crippen LogP contribution is 2.17. The van der Waals surface area contributed by atoms with Crippen LogP contribution >= 0.6 is 11.6 Å². The van der Waals surface area contributed by atoms with Gasteiger partial charge < -0.3 is 15.0 Å². The Morgan fingerprint density at radius 1 is 1.10 bits per heavy atom. The van der Waals surface area contributed by atoms with Gasteiger partial charge in [-0.25, -0.2) is 0 Å². The van der Waals surface area contributed by atoms with Gasteiger partial charge in [-0.15, -0.1) is 0 Å². The van der Waals surface area contributed by atoms with Crippen molar-refractivity contribution in [3.63, 3.8) is 0 Å². The molecule has 148 valence electrons. The molecule has 0 bridgehead atoms. The third-order valence-corrected chi connectivity index (χ3v) is 4.28. The molecule has 0 saturated carbocycles. The Hall–Kier alpha value is -3.38. The molecule has 0 aliphatic heterocycles. The molecule has 1 N–H and O–H groups in total. The summed E-state index contributed by atoms with van der Waals surface area (Å²) in [4.78, 5) is 30.3. The maximum absolute atomic E-state index is 12.7. The van der Waals surface area contributed by atoms with Crippen LogP contribution < -0.4 is 10.1 Å². The van der Waals surface area contributed by atoms with E-state index in [1.807, 2.05) is 12.1 Å². The van der Waals surface area contributed by atoms with Crippen LogP contribution in [0.3, 0.4) is 0 Å². The Morgan fingerprint density at radius 3 is 2.69 bits per heavy atom. The van der Waals surface area contributed by atoms with E-state index in [1.54, 1.807) is 68.0 Å². The minimum atomic E-state index is -0.313. The number of ether oxygens (including phenoxy) is 1. The largest absolute Gasteiger partial charge is 0.489 e. The van der Waals surface area contributed by atoms with E-state index in [9.17, 15) is 9.59 Å². The fraction of sp³-hybridized carbons (Fsp3) is 0.136. The first-order chi connectivity index (χ1) is 14.0. The average molecular weight is 410 g/mol.